The lowest BCUT2D eigenvalue weighted by molar-refractivity contribution is -0.124. The van der Waals surface area contributed by atoms with Gasteiger partial charge in [0.25, 0.3) is 5.91 Å². The zero-order chi connectivity index (χ0) is 20.8. The van der Waals surface area contributed by atoms with E-state index >= 15 is 0 Å². The Kier molecular flexibility index (Phi) is 7.09. The van der Waals surface area contributed by atoms with Crippen molar-refractivity contribution in [3.63, 3.8) is 0 Å². The summed E-state index contributed by atoms with van der Waals surface area (Å²) in [5.74, 6) is 0.400. The molecule has 152 valence electrons. The fourth-order valence-corrected chi connectivity index (χ4v) is 3.24. The predicted octanol–water partition coefficient (Wildman–Crippen LogP) is 3.18. The Morgan fingerprint density at radius 2 is 1.86 bits per heavy atom. The van der Waals surface area contributed by atoms with Crippen molar-refractivity contribution < 1.29 is 23.8 Å². The quantitative estimate of drug-likeness (QED) is 0.703. The molecule has 0 saturated heterocycles. The monoisotopic (exact) mass is 388 g/mol. The molecule has 0 aliphatic carbocycles. The maximum absolute atomic E-state index is 12.3. The molecule has 1 aromatic heterocycles. The highest BCUT2D eigenvalue weighted by Gasteiger charge is 2.19. The Balaban J connectivity index is 2.00. The maximum Gasteiger partial charge on any atom is 0.340 e. The van der Waals surface area contributed by atoms with Gasteiger partial charge in [-0.1, -0.05) is 0 Å². The maximum atomic E-state index is 12.3. The van der Waals surface area contributed by atoms with E-state index in [0.29, 0.717) is 17.1 Å². The standard InChI is InChI=1S/C21H28N2O5/c1-7-23-13(2)10-18(15(23)4)21(25)28-12-20(24)22-14(3)17-11-16(26-5)8-9-19(17)27-6/h8-11,14H,7,12H2,1-6H3,(H,22,24)/t14-/m1/s1. The van der Waals surface area contributed by atoms with Crippen LogP contribution in [0.1, 0.15) is 47.2 Å². The van der Waals surface area contributed by atoms with Crippen LogP contribution in [0.4, 0.5) is 0 Å². The zero-order valence-corrected chi connectivity index (χ0v) is 17.3. The van der Waals surface area contributed by atoms with Crippen LogP contribution in [-0.4, -0.2) is 37.3 Å². The largest absolute Gasteiger partial charge is 0.497 e. The van der Waals surface area contributed by atoms with Crippen molar-refractivity contribution in [1.82, 2.24) is 9.88 Å². The van der Waals surface area contributed by atoms with Gasteiger partial charge < -0.3 is 24.1 Å². The summed E-state index contributed by atoms with van der Waals surface area (Å²) in [5, 5.41) is 2.81. The van der Waals surface area contributed by atoms with Gasteiger partial charge in [0.15, 0.2) is 6.61 Å². The van der Waals surface area contributed by atoms with Crippen molar-refractivity contribution in [3.05, 3.63) is 46.8 Å². The summed E-state index contributed by atoms with van der Waals surface area (Å²) < 4.78 is 17.8. The number of hydrogen-bond acceptors (Lipinski definition) is 5. The average molecular weight is 388 g/mol. The molecule has 0 saturated carbocycles. The molecule has 1 heterocycles. The van der Waals surface area contributed by atoms with Gasteiger partial charge in [-0.05, 0) is 52.0 Å². The van der Waals surface area contributed by atoms with Crippen LogP contribution < -0.4 is 14.8 Å². The third-order valence-corrected chi connectivity index (χ3v) is 4.73. The second-order valence-corrected chi connectivity index (χ2v) is 6.50. The topological polar surface area (TPSA) is 78.8 Å². The fraction of sp³-hybridized carbons (Fsp3) is 0.429. The summed E-state index contributed by atoms with van der Waals surface area (Å²) in [5.41, 5.74) is 3.07. The van der Waals surface area contributed by atoms with Crippen LogP contribution >= 0.6 is 0 Å². The smallest absolute Gasteiger partial charge is 0.340 e. The fourth-order valence-electron chi connectivity index (χ4n) is 3.24. The summed E-state index contributed by atoms with van der Waals surface area (Å²) in [6.07, 6.45) is 0. The highest BCUT2D eigenvalue weighted by Crippen LogP contribution is 2.29. The van der Waals surface area contributed by atoms with E-state index in [2.05, 4.69) is 5.32 Å². The van der Waals surface area contributed by atoms with Crippen molar-refractivity contribution in [2.45, 2.75) is 40.3 Å². The summed E-state index contributed by atoms with van der Waals surface area (Å²) in [6.45, 7) is 8.05. The van der Waals surface area contributed by atoms with E-state index in [1.54, 1.807) is 38.5 Å². The SMILES string of the molecule is CCn1c(C)cc(C(=O)OCC(=O)N[C@H](C)c2cc(OC)ccc2OC)c1C. The Bertz CT molecular complexity index is 857. The first-order chi connectivity index (χ1) is 13.3. The third-order valence-electron chi connectivity index (χ3n) is 4.73. The minimum atomic E-state index is -0.505. The molecule has 2 rings (SSSR count). The van der Waals surface area contributed by atoms with E-state index in [9.17, 15) is 9.59 Å². The number of hydrogen-bond donors (Lipinski definition) is 1. The summed E-state index contributed by atoms with van der Waals surface area (Å²) in [7, 11) is 3.14. The predicted molar refractivity (Wildman–Crippen MR) is 106 cm³/mol. The van der Waals surface area contributed by atoms with Crippen LogP contribution in [0.15, 0.2) is 24.3 Å². The lowest BCUT2D eigenvalue weighted by Gasteiger charge is -2.18. The van der Waals surface area contributed by atoms with Crippen molar-refractivity contribution in [2.75, 3.05) is 20.8 Å². The van der Waals surface area contributed by atoms with Crippen molar-refractivity contribution in [3.8, 4) is 11.5 Å². The number of carbonyl (C=O) groups excluding carboxylic acids is 2. The molecule has 0 unspecified atom stereocenters. The van der Waals surface area contributed by atoms with Gasteiger partial charge in [-0.2, -0.15) is 0 Å². The highest BCUT2D eigenvalue weighted by molar-refractivity contribution is 5.92. The lowest BCUT2D eigenvalue weighted by atomic mass is 10.1. The molecule has 0 bridgehead atoms. The number of nitrogens with zero attached hydrogens (tertiary/aromatic N) is 1. The molecule has 1 aromatic carbocycles. The number of aromatic nitrogens is 1. The highest BCUT2D eigenvalue weighted by atomic mass is 16.5. The molecule has 7 heteroatoms. The molecule has 28 heavy (non-hydrogen) atoms. The van der Waals surface area contributed by atoms with Crippen LogP contribution in [0.25, 0.3) is 0 Å². The number of ether oxygens (including phenoxy) is 3. The van der Waals surface area contributed by atoms with Gasteiger partial charge in [0.2, 0.25) is 0 Å². The number of benzene rings is 1. The minimum absolute atomic E-state index is 0.346. The number of nitrogens with one attached hydrogen (secondary N) is 1. The Morgan fingerprint density at radius 1 is 1.14 bits per heavy atom. The number of methoxy groups -OCH3 is 2. The van der Waals surface area contributed by atoms with Crippen molar-refractivity contribution in [1.29, 1.82) is 0 Å². The van der Waals surface area contributed by atoms with Crippen LogP contribution in [-0.2, 0) is 16.1 Å². The summed E-state index contributed by atoms with van der Waals surface area (Å²) >= 11 is 0. The van der Waals surface area contributed by atoms with Crippen molar-refractivity contribution >= 4 is 11.9 Å². The zero-order valence-electron chi connectivity index (χ0n) is 17.3. The van der Waals surface area contributed by atoms with Gasteiger partial charge in [-0.3, -0.25) is 4.79 Å². The Hall–Kier alpha value is -2.96. The molecule has 1 N–H and O–H groups in total. The van der Waals surface area contributed by atoms with Crippen LogP contribution in [0, 0.1) is 13.8 Å². The van der Waals surface area contributed by atoms with Gasteiger partial charge in [-0.25, -0.2) is 4.79 Å². The summed E-state index contributed by atoms with van der Waals surface area (Å²) in [6, 6.07) is 6.80. The molecular weight excluding hydrogens is 360 g/mol. The van der Waals surface area contributed by atoms with E-state index < -0.39 is 11.9 Å². The van der Waals surface area contributed by atoms with E-state index in [1.165, 1.54) is 0 Å². The second-order valence-electron chi connectivity index (χ2n) is 6.50. The van der Waals surface area contributed by atoms with E-state index in [1.807, 2.05) is 32.3 Å². The van der Waals surface area contributed by atoms with Crippen LogP contribution in [0.2, 0.25) is 0 Å². The van der Waals surface area contributed by atoms with Gasteiger partial charge in [0.05, 0.1) is 25.8 Å². The van der Waals surface area contributed by atoms with Crippen molar-refractivity contribution in [2.24, 2.45) is 0 Å². The Morgan fingerprint density at radius 3 is 2.43 bits per heavy atom. The number of carbonyl (C=O) groups is 2. The molecule has 7 nitrogen and oxygen atoms in total. The van der Waals surface area contributed by atoms with E-state index in [-0.39, 0.29) is 12.6 Å². The molecular formula is C21H28N2O5. The Labute approximate surface area is 165 Å². The molecule has 0 aliphatic rings. The van der Waals surface area contributed by atoms with Gasteiger partial charge in [0, 0.05) is 23.5 Å². The summed E-state index contributed by atoms with van der Waals surface area (Å²) in [4.78, 5) is 24.6. The van der Waals surface area contributed by atoms with Crippen LogP contribution in [0.5, 0.6) is 11.5 Å². The van der Waals surface area contributed by atoms with E-state index in [4.69, 9.17) is 14.2 Å². The molecule has 2 aromatic rings. The first kappa shape index (κ1) is 21.3. The van der Waals surface area contributed by atoms with Gasteiger partial charge in [-0.15, -0.1) is 0 Å². The molecule has 0 spiro atoms. The molecule has 0 aliphatic heterocycles. The van der Waals surface area contributed by atoms with Gasteiger partial charge >= 0.3 is 5.97 Å². The number of esters is 1. The van der Waals surface area contributed by atoms with E-state index in [0.717, 1.165) is 23.5 Å². The molecule has 0 fully saturated rings. The second kappa shape index (κ2) is 9.30. The van der Waals surface area contributed by atoms with Gasteiger partial charge in [0.1, 0.15) is 11.5 Å². The lowest BCUT2D eigenvalue weighted by Crippen LogP contribution is -2.31. The molecule has 1 amide bonds. The first-order valence-corrected chi connectivity index (χ1v) is 9.17. The molecule has 0 radical (unpaired) electrons. The number of amides is 1. The first-order valence-electron chi connectivity index (χ1n) is 9.17. The number of rotatable bonds is 8. The normalized spacial score (nSPS) is 11.6. The number of aryl methyl sites for hydroxylation is 1. The third kappa shape index (κ3) is 4.65. The average Bonchev–Trinajstić information content (AvgIpc) is 2.98. The molecule has 1 atom stereocenters. The van der Waals surface area contributed by atoms with Crippen LogP contribution in [0.3, 0.4) is 0 Å². The minimum Gasteiger partial charge on any atom is -0.497 e.